The molecular formula is C20H22N6O. The summed E-state index contributed by atoms with van der Waals surface area (Å²) in [6.45, 7) is 4.05. The second kappa shape index (κ2) is 6.42. The summed E-state index contributed by atoms with van der Waals surface area (Å²) in [5.41, 5.74) is 13.5. The van der Waals surface area contributed by atoms with Crippen molar-refractivity contribution in [2.24, 2.45) is 7.05 Å². The van der Waals surface area contributed by atoms with Crippen molar-refractivity contribution in [3.63, 3.8) is 0 Å². The molecule has 0 aliphatic rings. The summed E-state index contributed by atoms with van der Waals surface area (Å²) in [7, 11) is 3.57. The SMILES string of the molecule is COc1nc2nc(N)[nH]c2c(Cc2ccccc2)c1-c1c(C)nn(C)c1C. The lowest BCUT2D eigenvalue weighted by Gasteiger charge is -2.15. The number of hydrogen-bond acceptors (Lipinski definition) is 5. The highest BCUT2D eigenvalue weighted by Gasteiger charge is 2.24. The van der Waals surface area contributed by atoms with Crippen molar-refractivity contribution in [2.75, 3.05) is 12.8 Å². The van der Waals surface area contributed by atoms with Gasteiger partial charge in [0, 0.05) is 24.7 Å². The van der Waals surface area contributed by atoms with Gasteiger partial charge in [0.05, 0.1) is 23.9 Å². The van der Waals surface area contributed by atoms with Gasteiger partial charge in [-0.05, 0) is 25.0 Å². The number of nitrogens with zero attached hydrogens (tertiary/aromatic N) is 4. The predicted octanol–water partition coefficient (Wildman–Crippen LogP) is 3.16. The Labute approximate surface area is 157 Å². The molecule has 0 amide bonds. The minimum Gasteiger partial charge on any atom is -0.480 e. The van der Waals surface area contributed by atoms with Crippen LogP contribution in [0, 0.1) is 13.8 Å². The summed E-state index contributed by atoms with van der Waals surface area (Å²) in [6, 6.07) is 10.3. The second-order valence-electron chi connectivity index (χ2n) is 6.63. The molecule has 1 aromatic carbocycles. The molecule has 0 spiro atoms. The number of rotatable bonds is 4. The van der Waals surface area contributed by atoms with E-state index < -0.39 is 0 Å². The van der Waals surface area contributed by atoms with E-state index in [0.29, 0.717) is 23.9 Å². The Balaban J connectivity index is 2.07. The molecule has 27 heavy (non-hydrogen) atoms. The van der Waals surface area contributed by atoms with E-state index >= 15 is 0 Å². The molecule has 0 radical (unpaired) electrons. The fourth-order valence-corrected chi connectivity index (χ4v) is 3.60. The zero-order chi connectivity index (χ0) is 19.1. The van der Waals surface area contributed by atoms with Gasteiger partial charge in [0.15, 0.2) is 11.6 Å². The lowest BCUT2D eigenvalue weighted by atomic mass is 9.94. The van der Waals surface area contributed by atoms with Gasteiger partial charge in [0.2, 0.25) is 5.88 Å². The van der Waals surface area contributed by atoms with Gasteiger partial charge in [-0.1, -0.05) is 30.3 Å². The Morgan fingerprint density at radius 1 is 1.11 bits per heavy atom. The number of benzene rings is 1. The number of aromatic amines is 1. The number of nitrogen functional groups attached to an aromatic ring is 1. The normalized spacial score (nSPS) is 11.3. The van der Waals surface area contributed by atoms with Gasteiger partial charge in [-0.15, -0.1) is 0 Å². The Hall–Kier alpha value is -3.35. The standard InChI is InChI=1S/C20H22N6O/c1-11-15(12(2)26(3)25-11)16-14(10-13-8-6-5-7-9-13)17-18(23-19(16)27-4)24-20(21)22-17/h5-9H,10H2,1-4H3,(H3,21,22,23,24). The third-order valence-electron chi connectivity index (χ3n) is 4.90. The molecule has 0 fully saturated rings. The van der Waals surface area contributed by atoms with Crippen LogP contribution in [0.2, 0.25) is 0 Å². The predicted molar refractivity (Wildman–Crippen MR) is 106 cm³/mol. The molecular weight excluding hydrogens is 340 g/mol. The summed E-state index contributed by atoms with van der Waals surface area (Å²) in [5, 5.41) is 4.58. The molecule has 3 aromatic heterocycles. The highest BCUT2D eigenvalue weighted by Crippen LogP contribution is 2.40. The van der Waals surface area contributed by atoms with E-state index in [9.17, 15) is 0 Å². The molecule has 7 nitrogen and oxygen atoms in total. The van der Waals surface area contributed by atoms with E-state index in [2.05, 4.69) is 32.2 Å². The molecule has 0 saturated carbocycles. The number of H-pyrrole nitrogens is 1. The largest absolute Gasteiger partial charge is 0.480 e. The number of imidazole rings is 1. The minimum atomic E-state index is 0.339. The number of nitrogens with two attached hydrogens (primary N) is 1. The number of methoxy groups -OCH3 is 1. The zero-order valence-corrected chi connectivity index (χ0v) is 15.9. The van der Waals surface area contributed by atoms with Crippen LogP contribution >= 0.6 is 0 Å². The highest BCUT2D eigenvalue weighted by atomic mass is 16.5. The first kappa shape index (κ1) is 17.1. The van der Waals surface area contributed by atoms with Crippen LogP contribution in [0.5, 0.6) is 5.88 Å². The molecule has 3 heterocycles. The number of hydrogen-bond donors (Lipinski definition) is 2. The number of anilines is 1. The first-order valence-electron chi connectivity index (χ1n) is 8.76. The van der Waals surface area contributed by atoms with Gasteiger partial charge in [-0.25, -0.2) is 0 Å². The number of nitrogens with one attached hydrogen (secondary N) is 1. The highest BCUT2D eigenvalue weighted by molar-refractivity contribution is 5.89. The van der Waals surface area contributed by atoms with Crippen molar-refractivity contribution >= 4 is 17.1 Å². The van der Waals surface area contributed by atoms with Crippen LogP contribution < -0.4 is 10.5 Å². The maximum absolute atomic E-state index is 5.93. The van der Waals surface area contributed by atoms with Crippen molar-refractivity contribution in [3.8, 4) is 17.0 Å². The van der Waals surface area contributed by atoms with Crippen LogP contribution in [0.3, 0.4) is 0 Å². The third-order valence-corrected chi connectivity index (χ3v) is 4.90. The molecule has 3 N–H and O–H groups in total. The van der Waals surface area contributed by atoms with Crippen LogP contribution in [0.1, 0.15) is 22.5 Å². The van der Waals surface area contributed by atoms with Crippen LogP contribution in [0.15, 0.2) is 30.3 Å². The quantitative estimate of drug-likeness (QED) is 0.581. The number of pyridine rings is 1. The van der Waals surface area contributed by atoms with Crippen molar-refractivity contribution in [1.29, 1.82) is 0 Å². The fraction of sp³-hybridized carbons (Fsp3) is 0.250. The van der Waals surface area contributed by atoms with Gasteiger partial charge in [0.1, 0.15) is 0 Å². The monoisotopic (exact) mass is 362 g/mol. The Morgan fingerprint density at radius 2 is 1.85 bits per heavy atom. The lowest BCUT2D eigenvalue weighted by Crippen LogP contribution is -2.02. The summed E-state index contributed by atoms with van der Waals surface area (Å²) in [4.78, 5) is 12.1. The van der Waals surface area contributed by atoms with Crippen molar-refractivity contribution in [3.05, 3.63) is 52.8 Å². The first-order chi connectivity index (χ1) is 13.0. The zero-order valence-electron chi connectivity index (χ0n) is 15.9. The van der Waals surface area contributed by atoms with Crippen LogP contribution in [-0.2, 0) is 13.5 Å². The average molecular weight is 362 g/mol. The summed E-state index contributed by atoms with van der Waals surface area (Å²) < 4.78 is 7.55. The Bertz CT molecular complexity index is 1130. The molecule has 0 bridgehead atoms. The van der Waals surface area contributed by atoms with Gasteiger partial charge in [-0.3, -0.25) is 4.68 Å². The average Bonchev–Trinajstić information content (AvgIpc) is 3.14. The van der Waals surface area contributed by atoms with Crippen molar-refractivity contribution in [2.45, 2.75) is 20.3 Å². The number of fused-ring (bicyclic) bond motifs is 1. The van der Waals surface area contributed by atoms with E-state index in [1.54, 1.807) is 7.11 Å². The lowest BCUT2D eigenvalue weighted by molar-refractivity contribution is 0.400. The molecule has 0 saturated heterocycles. The van der Waals surface area contributed by atoms with Crippen molar-refractivity contribution in [1.82, 2.24) is 24.7 Å². The van der Waals surface area contributed by atoms with Crippen LogP contribution in [-0.4, -0.2) is 31.8 Å². The topological polar surface area (TPSA) is 94.6 Å². The van der Waals surface area contributed by atoms with Crippen molar-refractivity contribution < 1.29 is 4.74 Å². The van der Waals surface area contributed by atoms with Crippen LogP contribution in [0.4, 0.5) is 5.95 Å². The van der Waals surface area contributed by atoms with Crippen LogP contribution in [0.25, 0.3) is 22.3 Å². The van der Waals surface area contributed by atoms with Gasteiger partial charge < -0.3 is 15.5 Å². The molecule has 4 rings (SSSR count). The summed E-state index contributed by atoms with van der Waals surface area (Å²) in [6.07, 6.45) is 0.695. The fourth-order valence-electron chi connectivity index (χ4n) is 3.60. The molecule has 0 aliphatic heterocycles. The van der Waals surface area contributed by atoms with Gasteiger partial charge in [0.25, 0.3) is 0 Å². The molecule has 0 aliphatic carbocycles. The summed E-state index contributed by atoms with van der Waals surface area (Å²) in [5.74, 6) is 0.866. The van der Waals surface area contributed by atoms with E-state index in [4.69, 9.17) is 10.5 Å². The minimum absolute atomic E-state index is 0.339. The molecule has 7 heteroatoms. The Morgan fingerprint density at radius 3 is 2.48 bits per heavy atom. The maximum atomic E-state index is 5.93. The third kappa shape index (κ3) is 2.81. The van der Waals surface area contributed by atoms with E-state index in [-0.39, 0.29) is 0 Å². The number of aromatic nitrogens is 5. The second-order valence-corrected chi connectivity index (χ2v) is 6.63. The van der Waals surface area contributed by atoms with Gasteiger partial charge in [-0.2, -0.15) is 15.1 Å². The first-order valence-corrected chi connectivity index (χ1v) is 8.76. The van der Waals surface area contributed by atoms with Gasteiger partial charge >= 0.3 is 0 Å². The molecule has 0 atom stereocenters. The number of aryl methyl sites for hydroxylation is 2. The molecule has 4 aromatic rings. The van der Waals surface area contributed by atoms with E-state index in [1.807, 2.05) is 43.8 Å². The molecule has 0 unspecified atom stereocenters. The smallest absolute Gasteiger partial charge is 0.223 e. The Kier molecular flexibility index (Phi) is 4.07. The number of ether oxygens (including phenoxy) is 1. The van der Waals surface area contributed by atoms with E-state index in [1.165, 1.54) is 5.56 Å². The van der Waals surface area contributed by atoms with E-state index in [0.717, 1.165) is 33.6 Å². The summed E-state index contributed by atoms with van der Waals surface area (Å²) >= 11 is 0. The molecule has 138 valence electrons. The maximum Gasteiger partial charge on any atom is 0.223 e.